The highest BCUT2D eigenvalue weighted by molar-refractivity contribution is 5.14. The lowest BCUT2D eigenvalue weighted by Gasteiger charge is -2.25. The molecule has 0 spiro atoms. The monoisotopic (exact) mass is 188 g/mol. The van der Waals surface area contributed by atoms with Crippen molar-refractivity contribution in [3.05, 3.63) is 42.4 Å². The van der Waals surface area contributed by atoms with Gasteiger partial charge in [0, 0.05) is 13.1 Å². The van der Waals surface area contributed by atoms with Crippen LogP contribution in [0.3, 0.4) is 0 Å². The first-order valence-electron chi connectivity index (χ1n) is 5.56. The molecule has 0 amide bonds. The minimum absolute atomic E-state index is 1.18. The van der Waals surface area contributed by atoms with Gasteiger partial charge in [0.1, 0.15) is 0 Å². The molecule has 1 aromatic rings. The van der Waals surface area contributed by atoms with Gasteiger partial charge >= 0.3 is 0 Å². The Morgan fingerprint density at radius 2 is 1.93 bits per heavy atom. The lowest BCUT2D eigenvalue weighted by Crippen LogP contribution is -2.27. The lowest BCUT2D eigenvalue weighted by molar-refractivity contribution is 0.285. The van der Waals surface area contributed by atoms with Crippen LogP contribution < -0.4 is 0 Å². The molecule has 1 radical (unpaired) electrons. The van der Waals surface area contributed by atoms with Gasteiger partial charge in [-0.05, 0) is 31.4 Å². The lowest BCUT2D eigenvalue weighted by atomic mass is 10.1. The summed E-state index contributed by atoms with van der Waals surface area (Å²) in [6.07, 6.45) is 5.19. The van der Waals surface area contributed by atoms with Crippen molar-refractivity contribution in [2.24, 2.45) is 0 Å². The summed E-state index contributed by atoms with van der Waals surface area (Å²) >= 11 is 0. The number of likely N-dealkylation sites (tertiary alicyclic amines) is 1. The quantitative estimate of drug-likeness (QED) is 0.705. The molecular weight excluding hydrogens is 170 g/mol. The zero-order valence-corrected chi connectivity index (χ0v) is 8.65. The Hall–Kier alpha value is -0.820. The summed E-state index contributed by atoms with van der Waals surface area (Å²) in [5.41, 5.74) is 1.45. The van der Waals surface area contributed by atoms with E-state index in [1.54, 1.807) is 0 Å². The van der Waals surface area contributed by atoms with Crippen molar-refractivity contribution in [3.63, 3.8) is 0 Å². The molecule has 14 heavy (non-hydrogen) atoms. The normalized spacial score (nSPS) is 18.3. The van der Waals surface area contributed by atoms with Crippen LogP contribution in [0.4, 0.5) is 0 Å². The largest absolute Gasteiger partial charge is 0.299 e. The minimum atomic E-state index is 1.18. The molecule has 0 saturated carbocycles. The van der Waals surface area contributed by atoms with Crippen LogP contribution in [0, 0.1) is 6.54 Å². The van der Waals surface area contributed by atoms with Crippen molar-refractivity contribution in [3.8, 4) is 0 Å². The van der Waals surface area contributed by atoms with Gasteiger partial charge in [-0.1, -0.05) is 36.8 Å². The Morgan fingerprint density at radius 1 is 1.07 bits per heavy atom. The Labute approximate surface area is 86.7 Å². The van der Waals surface area contributed by atoms with Gasteiger partial charge in [0.15, 0.2) is 0 Å². The summed E-state index contributed by atoms with van der Waals surface area (Å²) < 4.78 is 0. The van der Waals surface area contributed by atoms with Gasteiger partial charge in [0.05, 0.1) is 0 Å². The summed E-state index contributed by atoms with van der Waals surface area (Å²) in [5, 5.41) is 0. The van der Waals surface area contributed by atoms with Crippen LogP contribution in [0.1, 0.15) is 24.8 Å². The van der Waals surface area contributed by atoms with Crippen LogP contribution in [0.25, 0.3) is 0 Å². The average molecular weight is 188 g/mol. The van der Waals surface area contributed by atoms with Crippen molar-refractivity contribution in [1.82, 2.24) is 4.90 Å². The van der Waals surface area contributed by atoms with E-state index < -0.39 is 0 Å². The van der Waals surface area contributed by atoms with Crippen molar-refractivity contribution in [1.29, 1.82) is 0 Å². The molecule has 0 unspecified atom stereocenters. The molecule has 0 aliphatic carbocycles. The number of benzene rings is 1. The topological polar surface area (TPSA) is 3.24 Å². The first kappa shape index (κ1) is 9.72. The van der Waals surface area contributed by atoms with Crippen molar-refractivity contribution >= 4 is 0 Å². The Balaban J connectivity index is 1.76. The first-order valence-corrected chi connectivity index (χ1v) is 5.56. The molecule has 1 saturated heterocycles. The Morgan fingerprint density at radius 3 is 2.64 bits per heavy atom. The first-order chi connectivity index (χ1) is 6.95. The van der Waals surface area contributed by atoms with Crippen LogP contribution in [0.15, 0.2) is 30.3 Å². The maximum atomic E-state index is 2.47. The molecule has 1 aliphatic heterocycles. The highest BCUT2D eigenvalue weighted by Gasteiger charge is 2.09. The van der Waals surface area contributed by atoms with Gasteiger partial charge < -0.3 is 0 Å². The number of hydrogen-bond acceptors (Lipinski definition) is 1. The van der Waals surface area contributed by atoms with Crippen LogP contribution >= 0.6 is 0 Å². The maximum absolute atomic E-state index is 2.47. The maximum Gasteiger partial charge on any atom is 0.0251 e. The summed E-state index contributed by atoms with van der Waals surface area (Å²) in [7, 11) is 0. The molecule has 1 aromatic carbocycles. The van der Waals surface area contributed by atoms with E-state index in [0.29, 0.717) is 0 Å². The van der Waals surface area contributed by atoms with Gasteiger partial charge in [-0.25, -0.2) is 0 Å². The predicted octanol–water partition coefficient (Wildman–Crippen LogP) is 2.88. The van der Waals surface area contributed by atoms with E-state index in [1.807, 2.05) is 0 Å². The van der Waals surface area contributed by atoms with Gasteiger partial charge in [0.2, 0.25) is 0 Å². The second-order valence-electron chi connectivity index (χ2n) is 3.95. The molecule has 75 valence electrons. The summed E-state index contributed by atoms with van der Waals surface area (Å²) in [6.45, 7) is 4.81. The van der Waals surface area contributed by atoms with Crippen LogP contribution in [-0.4, -0.2) is 18.0 Å². The molecule has 0 atom stereocenters. The molecule has 1 nitrogen and oxygen atoms in total. The zero-order chi connectivity index (χ0) is 9.64. The van der Waals surface area contributed by atoms with E-state index >= 15 is 0 Å². The van der Waals surface area contributed by atoms with Gasteiger partial charge in [-0.3, -0.25) is 4.90 Å². The number of nitrogens with zero attached hydrogens (tertiary/aromatic N) is 1. The standard InChI is InChI=1S/C13H18N/c1-3-7-13(8-4-1)9-12-14-10-5-2-6-11-14/h1,3-4,7-8,10H,2,5-6,9,11-12H2. The summed E-state index contributed by atoms with van der Waals surface area (Å²) in [5.74, 6) is 0. The van der Waals surface area contributed by atoms with E-state index in [1.165, 1.54) is 44.3 Å². The Bertz CT molecular complexity index is 249. The van der Waals surface area contributed by atoms with Gasteiger partial charge in [-0.15, -0.1) is 0 Å². The van der Waals surface area contributed by atoms with E-state index in [0.717, 1.165) is 0 Å². The SMILES string of the molecule is [CH]1CCCCN1CCc1ccccc1. The van der Waals surface area contributed by atoms with Gasteiger partial charge in [0.25, 0.3) is 0 Å². The molecule has 1 heteroatoms. The number of piperidine rings is 1. The molecule has 2 rings (SSSR count). The third-order valence-corrected chi connectivity index (χ3v) is 2.82. The fourth-order valence-electron chi connectivity index (χ4n) is 1.94. The van der Waals surface area contributed by atoms with Crippen LogP contribution in [0.2, 0.25) is 0 Å². The third-order valence-electron chi connectivity index (χ3n) is 2.82. The fourth-order valence-corrected chi connectivity index (χ4v) is 1.94. The van der Waals surface area contributed by atoms with Crippen molar-refractivity contribution in [2.45, 2.75) is 25.7 Å². The van der Waals surface area contributed by atoms with Gasteiger partial charge in [-0.2, -0.15) is 0 Å². The number of rotatable bonds is 3. The van der Waals surface area contributed by atoms with Crippen LogP contribution in [0.5, 0.6) is 0 Å². The average Bonchev–Trinajstić information content (AvgIpc) is 2.29. The molecule has 1 fully saturated rings. The second-order valence-corrected chi connectivity index (χ2v) is 3.95. The van der Waals surface area contributed by atoms with E-state index in [2.05, 4.69) is 41.8 Å². The van der Waals surface area contributed by atoms with Crippen molar-refractivity contribution in [2.75, 3.05) is 13.1 Å². The third kappa shape index (κ3) is 2.85. The predicted molar refractivity (Wildman–Crippen MR) is 59.9 cm³/mol. The molecular formula is C13H18N. The van der Waals surface area contributed by atoms with Crippen molar-refractivity contribution < 1.29 is 0 Å². The highest BCUT2D eigenvalue weighted by Crippen LogP contribution is 2.13. The molecule has 0 N–H and O–H groups in total. The molecule has 0 aromatic heterocycles. The highest BCUT2D eigenvalue weighted by atomic mass is 15.1. The minimum Gasteiger partial charge on any atom is -0.299 e. The van der Waals surface area contributed by atoms with E-state index in [-0.39, 0.29) is 0 Å². The zero-order valence-electron chi connectivity index (χ0n) is 8.65. The molecule has 0 bridgehead atoms. The fraction of sp³-hybridized carbons (Fsp3) is 0.462. The van der Waals surface area contributed by atoms with E-state index in [4.69, 9.17) is 0 Å². The molecule has 1 heterocycles. The summed E-state index contributed by atoms with van der Waals surface area (Å²) in [6, 6.07) is 10.7. The van der Waals surface area contributed by atoms with E-state index in [9.17, 15) is 0 Å². The summed E-state index contributed by atoms with van der Waals surface area (Å²) in [4.78, 5) is 2.47. The molecule has 1 aliphatic rings. The Kier molecular flexibility index (Phi) is 3.58. The second kappa shape index (κ2) is 5.16. The van der Waals surface area contributed by atoms with Crippen LogP contribution in [-0.2, 0) is 6.42 Å². The smallest absolute Gasteiger partial charge is 0.0251 e. The number of hydrogen-bond donors (Lipinski definition) is 0.